The molecule has 2 fully saturated rings. The minimum absolute atomic E-state index is 0.0790. The van der Waals surface area contributed by atoms with Crippen molar-refractivity contribution in [1.29, 1.82) is 0 Å². The van der Waals surface area contributed by atoms with Crippen LogP contribution in [0.3, 0.4) is 0 Å². The summed E-state index contributed by atoms with van der Waals surface area (Å²) < 4.78 is 15.3. The molecule has 0 bridgehead atoms. The Morgan fingerprint density at radius 3 is 2.48 bits per heavy atom. The van der Waals surface area contributed by atoms with Crippen molar-refractivity contribution < 1.29 is 33.1 Å². The molecule has 0 aliphatic carbocycles. The van der Waals surface area contributed by atoms with Crippen LogP contribution in [0, 0.1) is 0 Å². The minimum atomic E-state index is -0.952. The van der Waals surface area contributed by atoms with Crippen LogP contribution < -0.4 is 10.2 Å². The number of ether oxygens (including phenoxy) is 2. The molecule has 0 saturated carbocycles. The van der Waals surface area contributed by atoms with Gasteiger partial charge >= 0.3 is 12.1 Å². The first-order valence-corrected chi connectivity index (χ1v) is 10.9. The maximum atomic E-state index is 12.5. The molecule has 0 radical (unpaired) electrons. The molecule has 0 aromatic carbocycles. The van der Waals surface area contributed by atoms with Crippen LogP contribution in [0.25, 0.3) is 0 Å². The molecule has 2 aliphatic heterocycles. The number of carbonyl (C=O) groups is 4. The normalized spacial score (nSPS) is 18.2. The maximum Gasteiger partial charge on any atom is 0.412 e. The Hall–Kier alpha value is -2.76. The van der Waals surface area contributed by atoms with E-state index in [2.05, 4.69) is 10.3 Å². The molecular formula is C19H26N4O7S. The summed E-state index contributed by atoms with van der Waals surface area (Å²) in [7, 11) is 0. The van der Waals surface area contributed by atoms with Gasteiger partial charge in [0, 0.05) is 58.2 Å². The summed E-state index contributed by atoms with van der Waals surface area (Å²) in [6, 6.07) is 0.257. The summed E-state index contributed by atoms with van der Waals surface area (Å²) in [4.78, 5) is 54.2. The van der Waals surface area contributed by atoms with Gasteiger partial charge in [-0.15, -0.1) is 0 Å². The highest BCUT2D eigenvalue weighted by molar-refractivity contribution is 8.14. The van der Waals surface area contributed by atoms with Gasteiger partial charge in [-0.2, -0.15) is 4.98 Å². The number of piperidine rings is 1. The summed E-state index contributed by atoms with van der Waals surface area (Å²) in [5.74, 6) is -0.865. The maximum absolute atomic E-state index is 12.5. The first-order chi connectivity index (χ1) is 14.7. The topological polar surface area (TPSA) is 131 Å². The smallest absolute Gasteiger partial charge is 0.412 e. The van der Waals surface area contributed by atoms with Gasteiger partial charge < -0.3 is 29.0 Å². The monoisotopic (exact) mass is 454 g/mol. The highest BCUT2D eigenvalue weighted by Gasteiger charge is 2.32. The van der Waals surface area contributed by atoms with E-state index in [1.807, 2.05) is 4.90 Å². The summed E-state index contributed by atoms with van der Waals surface area (Å²) >= 11 is 1.30. The SMILES string of the molecule is CC(=O)OC(C)OC(=O)N1CCC(NC(=O)c2coc(N3CC(SC(C)=O)C3)n2)CC1. The lowest BCUT2D eigenvalue weighted by Gasteiger charge is -2.36. The summed E-state index contributed by atoms with van der Waals surface area (Å²) in [5.41, 5.74) is 0.190. The van der Waals surface area contributed by atoms with Gasteiger partial charge in [-0.3, -0.25) is 14.4 Å². The van der Waals surface area contributed by atoms with Crippen molar-refractivity contribution >= 4 is 40.9 Å². The third-order valence-electron chi connectivity index (χ3n) is 4.86. The van der Waals surface area contributed by atoms with E-state index in [1.165, 1.54) is 43.7 Å². The van der Waals surface area contributed by atoms with Crippen LogP contribution in [0.2, 0.25) is 0 Å². The molecule has 1 atom stereocenters. The van der Waals surface area contributed by atoms with Crippen LogP contribution in [0.5, 0.6) is 0 Å². The number of nitrogens with one attached hydrogen (secondary N) is 1. The molecule has 2 amide bonds. The molecule has 1 aromatic heterocycles. The molecule has 1 aromatic rings. The number of nitrogens with zero attached hydrogens (tertiary/aromatic N) is 3. The van der Waals surface area contributed by atoms with Crippen LogP contribution >= 0.6 is 11.8 Å². The average Bonchev–Trinajstić information content (AvgIpc) is 3.13. The average molecular weight is 455 g/mol. The number of likely N-dealkylation sites (tertiary alicyclic amines) is 1. The number of rotatable bonds is 6. The van der Waals surface area contributed by atoms with E-state index in [0.717, 1.165) is 0 Å². The quantitative estimate of drug-likeness (QED) is 0.497. The van der Waals surface area contributed by atoms with Crippen molar-refractivity contribution in [2.24, 2.45) is 0 Å². The van der Waals surface area contributed by atoms with Gasteiger partial charge in [-0.05, 0) is 12.8 Å². The Balaban J connectivity index is 1.40. The fourth-order valence-electron chi connectivity index (χ4n) is 3.36. The molecule has 1 unspecified atom stereocenters. The van der Waals surface area contributed by atoms with Crippen molar-refractivity contribution in [3.8, 4) is 0 Å². The molecule has 2 aliphatic rings. The van der Waals surface area contributed by atoms with E-state index < -0.39 is 18.4 Å². The Morgan fingerprint density at radius 2 is 1.87 bits per heavy atom. The largest absolute Gasteiger partial charge is 0.431 e. The summed E-state index contributed by atoms with van der Waals surface area (Å²) in [6.07, 6.45) is 0.925. The van der Waals surface area contributed by atoms with Crippen LogP contribution in [0.15, 0.2) is 10.7 Å². The molecular weight excluding hydrogens is 428 g/mol. The lowest BCUT2D eigenvalue weighted by atomic mass is 10.1. The summed E-state index contributed by atoms with van der Waals surface area (Å²) in [5, 5.41) is 3.20. The number of esters is 1. The predicted octanol–water partition coefficient (Wildman–Crippen LogP) is 1.38. The van der Waals surface area contributed by atoms with Gasteiger partial charge in [0.1, 0.15) is 6.26 Å². The van der Waals surface area contributed by atoms with E-state index in [4.69, 9.17) is 13.9 Å². The Kier molecular flexibility index (Phi) is 7.42. The zero-order valence-corrected chi connectivity index (χ0v) is 18.5. The number of amides is 2. The number of anilines is 1. The molecule has 0 spiro atoms. The van der Waals surface area contributed by atoms with Crippen LogP contribution in [-0.4, -0.2) is 76.7 Å². The first-order valence-electron chi connectivity index (χ1n) is 10.0. The zero-order valence-electron chi connectivity index (χ0n) is 17.7. The number of thioether (sulfide) groups is 1. The van der Waals surface area contributed by atoms with E-state index in [0.29, 0.717) is 45.0 Å². The molecule has 31 heavy (non-hydrogen) atoms. The van der Waals surface area contributed by atoms with Crippen LogP contribution in [-0.2, 0) is 19.1 Å². The highest BCUT2D eigenvalue weighted by Crippen LogP contribution is 2.27. The molecule has 170 valence electrons. The van der Waals surface area contributed by atoms with Gasteiger partial charge in [0.15, 0.2) is 10.8 Å². The Labute approximate surface area is 183 Å². The van der Waals surface area contributed by atoms with Crippen LogP contribution in [0.4, 0.5) is 10.8 Å². The van der Waals surface area contributed by atoms with Crippen molar-refractivity contribution in [1.82, 2.24) is 15.2 Å². The van der Waals surface area contributed by atoms with E-state index in [-0.39, 0.29) is 28.0 Å². The van der Waals surface area contributed by atoms with E-state index in [1.54, 1.807) is 0 Å². The van der Waals surface area contributed by atoms with Crippen molar-refractivity contribution in [3.63, 3.8) is 0 Å². The molecule has 3 rings (SSSR count). The second kappa shape index (κ2) is 10.0. The van der Waals surface area contributed by atoms with Gasteiger partial charge in [-0.25, -0.2) is 4.79 Å². The summed E-state index contributed by atoms with van der Waals surface area (Å²) in [6.45, 7) is 6.36. The number of aromatic nitrogens is 1. The number of hydrogen-bond acceptors (Lipinski definition) is 10. The zero-order chi connectivity index (χ0) is 22.5. The molecule has 12 heteroatoms. The van der Waals surface area contributed by atoms with Crippen LogP contribution in [0.1, 0.15) is 44.1 Å². The third-order valence-corrected chi connectivity index (χ3v) is 5.83. The minimum Gasteiger partial charge on any atom is -0.431 e. The van der Waals surface area contributed by atoms with Gasteiger partial charge in [0.05, 0.1) is 0 Å². The number of carbonyl (C=O) groups excluding carboxylic acids is 4. The fraction of sp³-hybridized carbons (Fsp3) is 0.632. The van der Waals surface area contributed by atoms with Crippen molar-refractivity contribution in [3.05, 3.63) is 12.0 Å². The molecule has 2 saturated heterocycles. The number of hydrogen-bond donors (Lipinski definition) is 1. The van der Waals surface area contributed by atoms with E-state index >= 15 is 0 Å². The lowest BCUT2D eigenvalue weighted by molar-refractivity contribution is -0.163. The second-order valence-electron chi connectivity index (χ2n) is 7.45. The Bertz CT molecular complexity index is 831. The highest BCUT2D eigenvalue weighted by atomic mass is 32.2. The van der Waals surface area contributed by atoms with Gasteiger partial charge in [-0.1, -0.05) is 11.8 Å². The van der Waals surface area contributed by atoms with E-state index in [9.17, 15) is 19.2 Å². The lowest BCUT2D eigenvalue weighted by Crippen LogP contribution is -2.49. The Morgan fingerprint density at radius 1 is 1.19 bits per heavy atom. The number of oxazole rings is 1. The fourth-order valence-corrected chi connectivity index (χ4v) is 4.34. The molecule has 11 nitrogen and oxygen atoms in total. The first kappa shape index (κ1) is 22.9. The van der Waals surface area contributed by atoms with Crippen molar-refractivity contribution in [2.45, 2.75) is 51.2 Å². The standard InChI is InChI=1S/C19H26N4O7S/c1-11(24)29-13(3)30-19(27)22-6-4-14(5-7-22)20-17(26)16-10-28-18(21-16)23-8-15(9-23)31-12(2)25/h10,13-15H,4-9H2,1-3H3,(H,20,26). The molecule has 3 heterocycles. The van der Waals surface area contributed by atoms with Gasteiger partial charge in [0.2, 0.25) is 6.29 Å². The van der Waals surface area contributed by atoms with Gasteiger partial charge in [0.25, 0.3) is 11.9 Å². The predicted molar refractivity (Wildman–Crippen MR) is 111 cm³/mol. The third kappa shape index (κ3) is 6.36. The molecule has 1 N–H and O–H groups in total. The second-order valence-corrected chi connectivity index (χ2v) is 8.92. The van der Waals surface area contributed by atoms with Crippen molar-refractivity contribution in [2.75, 3.05) is 31.1 Å².